The first-order chi connectivity index (χ1) is 13.3. The minimum Gasteiger partial charge on any atom is -0.338 e. The third-order valence-corrected chi connectivity index (χ3v) is 4.94. The van der Waals surface area contributed by atoms with Gasteiger partial charge in [0, 0.05) is 44.1 Å². The van der Waals surface area contributed by atoms with Gasteiger partial charge >= 0.3 is 0 Å². The van der Waals surface area contributed by atoms with E-state index in [4.69, 9.17) is 0 Å². The van der Waals surface area contributed by atoms with Crippen molar-refractivity contribution in [1.29, 1.82) is 0 Å². The fourth-order valence-electron chi connectivity index (χ4n) is 3.56. The Balaban J connectivity index is 1.56. The first-order valence-corrected chi connectivity index (χ1v) is 9.23. The number of benzene rings is 2. The molecule has 1 aliphatic heterocycles. The van der Waals surface area contributed by atoms with Crippen molar-refractivity contribution in [2.45, 2.75) is 6.04 Å². The molecular formula is C22H22N4O. The van der Waals surface area contributed by atoms with Gasteiger partial charge in [-0.15, -0.1) is 0 Å². The summed E-state index contributed by atoms with van der Waals surface area (Å²) < 4.78 is 0. The van der Waals surface area contributed by atoms with Gasteiger partial charge in [0.15, 0.2) is 5.78 Å². The molecule has 5 nitrogen and oxygen atoms in total. The van der Waals surface area contributed by atoms with Gasteiger partial charge in [-0.2, -0.15) is 0 Å². The van der Waals surface area contributed by atoms with E-state index in [1.165, 1.54) is 0 Å². The van der Waals surface area contributed by atoms with E-state index in [-0.39, 0.29) is 11.8 Å². The summed E-state index contributed by atoms with van der Waals surface area (Å²) in [6.45, 7) is 3.18. The predicted molar refractivity (Wildman–Crippen MR) is 106 cm³/mol. The van der Waals surface area contributed by atoms with Crippen molar-refractivity contribution in [3.8, 4) is 0 Å². The zero-order valence-electron chi connectivity index (χ0n) is 15.1. The third-order valence-electron chi connectivity index (χ3n) is 4.94. The van der Waals surface area contributed by atoms with Crippen molar-refractivity contribution in [2.75, 3.05) is 31.1 Å². The monoisotopic (exact) mass is 358 g/mol. The van der Waals surface area contributed by atoms with Crippen LogP contribution in [-0.2, 0) is 0 Å². The third kappa shape index (κ3) is 3.88. The summed E-state index contributed by atoms with van der Waals surface area (Å²) in [5.41, 5.74) is 1.79. The summed E-state index contributed by atoms with van der Waals surface area (Å²) in [6, 6.07) is 21.2. The molecule has 0 bridgehead atoms. The van der Waals surface area contributed by atoms with Crippen LogP contribution in [0.4, 0.5) is 5.95 Å². The molecule has 0 spiro atoms. The van der Waals surface area contributed by atoms with E-state index >= 15 is 0 Å². The van der Waals surface area contributed by atoms with Crippen LogP contribution >= 0.6 is 0 Å². The standard InChI is InChI=1S/C22H22N4O/c27-21(19-10-5-2-6-11-19)20(18-8-3-1-4-9-18)25-14-16-26(17-15-25)22-23-12-7-13-24-22/h1-13,20H,14-17H2/t20-/m0/s1. The Morgan fingerprint density at radius 2 is 1.37 bits per heavy atom. The average Bonchev–Trinajstić information content (AvgIpc) is 2.76. The maximum absolute atomic E-state index is 13.3. The topological polar surface area (TPSA) is 49.3 Å². The zero-order valence-corrected chi connectivity index (χ0v) is 15.1. The van der Waals surface area contributed by atoms with Crippen LogP contribution in [0.2, 0.25) is 0 Å². The second-order valence-corrected chi connectivity index (χ2v) is 6.62. The van der Waals surface area contributed by atoms with Gasteiger partial charge in [0.2, 0.25) is 5.95 Å². The predicted octanol–water partition coefficient (Wildman–Crippen LogP) is 3.22. The molecular weight excluding hydrogens is 336 g/mol. The fraction of sp³-hybridized carbons (Fsp3) is 0.227. The van der Waals surface area contributed by atoms with Crippen LogP contribution in [-0.4, -0.2) is 46.8 Å². The number of nitrogens with zero attached hydrogens (tertiary/aromatic N) is 4. The van der Waals surface area contributed by atoms with E-state index < -0.39 is 0 Å². The molecule has 27 heavy (non-hydrogen) atoms. The lowest BCUT2D eigenvalue weighted by Gasteiger charge is -2.38. The van der Waals surface area contributed by atoms with Crippen LogP contribution in [0.1, 0.15) is 22.0 Å². The normalized spacial score (nSPS) is 16.1. The Morgan fingerprint density at radius 1 is 0.778 bits per heavy atom. The molecule has 4 rings (SSSR count). The summed E-state index contributed by atoms with van der Waals surface area (Å²) in [7, 11) is 0. The number of ketones is 1. The van der Waals surface area contributed by atoms with E-state index in [1.807, 2.05) is 66.7 Å². The van der Waals surface area contributed by atoms with Crippen LogP contribution in [0.3, 0.4) is 0 Å². The van der Waals surface area contributed by atoms with Crippen molar-refractivity contribution in [3.63, 3.8) is 0 Å². The lowest BCUT2D eigenvalue weighted by atomic mass is 9.95. The largest absolute Gasteiger partial charge is 0.338 e. The Morgan fingerprint density at radius 3 is 2.00 bits per heavy atom. The van der Waals surface area contributed by atoms with Gasteiger partial charge in [-0.1, -0.05) is 60.7 Å². The quantitative estimate of drug-likeness (QED) is 0.656. The van der Waals surface area contributed by atoms with E-state index in [9.17, 15) is 4.79 Å². The molecule has 0 aliphatic carbocycles. The van der Waals surface area contributed by atoms with E-state index in [0.717, 1.165) is 43.3 Å². The Labute approximate surface area is 159 Å². The SMILES string of the molecule is O=C(c1ccccc1)[C@H](c1ccccc1)N1CCN(c2ncccn2)CC1. The van der Waals surface area contributed by atoms with E-state index in [1.54, 1.807) is 12.4 Å². The Bertz CT molecular complexity index is 863. The highest BCUT2D eigenvalue weighted by molar-refractivity contribution is 6.00. The molecule has 0 saturated carbocycles. The number of carbonyl (C=O) groups excluding carboxylic acids is 1. The first kappa shape index (κ1) is 17.4. The summed E-state index contributed by atoms with van der Waals surface area (Å²) in [5, 5.41) is 0. The smallest absolute Gasteiger partial charge is 0.225 e. The van der Waals surface area contributed by atoms with Crippen LogP contribution < -0.4 is 4.90 Å². The van der Waals surface area contributed by atoms with Crippen LogP contribution in [0.15, 0.2) is 79.1 Å². The Hall–Kier alpha value is -3.05. The molecule has 1 atom stereocenters. The molecule has 136 valence electrons. The van der Waals surface area contributed by atoms with Gasteiger partial charge in [0.05, 0.1) is 6.04 Å². The number of hydrogen-bond donors (Lipinski definition) is 0. The molecule has 3 aromatic rings. The molecule has 1 aromatic heterocycles. The van der Waals surface area contributed by atoms with Crippen molar-refractivity contribution < 1.29 is 4.79 Å². The van der Waals surface area contributed by atoms with Gasteiger partial charge in [-0.3, -0.25) is 9.69 Å². The fourth-order valence-corrected chi connectivity index (χ4v) is 3.56. The highest BCUT2D eigenvalue weighted by atomic mass is 16.1. The highest BCUT2D eigenvalue weighted by Gasteiger charge is 2.31. The first-order valence-electron chi connectivity index (χ1n) is 9.23. The van der Waals surface area contributed by atoms with Crippen molar-refractivity contribution in [1.82, 2.24) is 14.9 Å². The molecule has 0 unspecified atom stereocenters. The average molecular weight is 358 g/mol. The molecule has 0 radical (unpaired) electrons. The molecule has 5 heteroatoms. The van der Waals surface area contributed by atoms with Gasteiger partial charge in [-0.25, -0.2) is 9.97 Å². The lowest BCUT2D eigenvalue weighted by molar-refractivity contribution is 0.0806. The summed E-state index contributed by atoms with van der Waals surface area (Å²) >= 11 is 0. The highest BCUT2D eigenvalue weighted by Crippen LogP contribution is 2.27. The summed E-state index contributed by atoms with van der Waals surface area (Å²) in [4.78, 5) is 26.4. The van der Waals surface area contributed by atoms with Crippen LogP contribution in [0.25, 0.3) is 0 Å². The number of carbonyl (C=O) groups is 1. The summed E-state index contributed by atoms with van der Waals surface area (Å²) in [5.74, 6) is 0.897. The minimum atomic E-state index is -0.271. The van der Waals surface area contributed by atoms with Crippen molar-refractivity contribution >= 4 is 11.7 Å². The minimum absolute atomic E-state index is 0.145. The van der Waals surface area contributed by atoms with Gasteiger partial charge in [-0.05, 0) is 11.6 Å². The molecule has 1 aliphatic rings. The second-order valence-electron chi connectivity index (χ2n) is 6.62. The maximum Gasteiger partial charge on any atom is 0.225 e. The van der Waals surface area contributed by atoms with Gasteiger partial charge in [0.1, 0.15) is 0 Å². The number of rotatable bonds is 5. The zero-order chi connectivity index (χ0) is 18.5. The van der Waals surface area contributed by atoms with Crippen molar-refractivity contribution in [3.05, 3.63) is 90.3 Å². The van der Waals surface area contributed by atoms with E-state index in [2.05, 4.69) is 19.8 Å². The molecule has 0 amide bonds. The van der Waals surface area contributed by atoms with Crippen LogP contribution in [0.5, 0.6) is 0 Å². The van der Waals surface area contributed by atoms with Gasteiger partial charge < -0.3 is 4.90 Å². The number of aromatic nitrogens is 2. The molecule has 0 N–H and O–H groups in total. The number of Topliss-reactive ketones (excluding diaryl/α,β-unsaturated/α-hetero) is 1. The second kappa shape index (κ2) is 8.10. The molecule has 2 heterocycles. The van der Waals surface area contributed by atoms with Crippen LogP contribution in [0, 0.1) is 0 Å². The van der Waals surface area contributed by atoms with Crippen molar-refractivity contribution in [2.24, 2.45) is 0 Å². The molecule has 1 saturated heterocycles. The van der Waals surface area contributed by atoms with E-state index in [0.29, 0.717) is 0 Å². The lowest BCUT2D eigenvalue weighted by Crippen LogP contribution is -2.49. The maximum atomic E-state index is 13.3. The van der Waals surface area contributed by atoms with Gasteiger partial charge in [0.25, 0.3) is 0 Å². The molecule has 2 aromatic carbocycles. The Kier molecular flexibility index (Phi) is 5.21. The number of piperazine rings is 1. The molecule has 1 fully saturated rings. The number of anilines is 1. The summed E-state index contributed by atoms with van der Waals surface area (Å²) in [6.07, 6.45) is 3.53. The number of hydrogen-bond acceptors (Lipinski definition) is 5.